The molecule has 0 N–H and O–H groups in total. The average molecular weight is 336 g/mol. The van der Waals surface area contributed by atoms with E-state index in [0.717, 1.165) is 35.6 Å². The first kappa shape index (κ1) is 15.6. The predicted octanol–water partition coefficient (Wildman–Crippen LogP) is 1.34. The Morgan fingerprint density at radius 1 is 1.20 bits per heavy atom. The van der Waals surface area contributed by atoms with Crippen molar-refractivity contribution in [2.45, 2.75) is 19.4 Å². The van der Waals surface area contributed by atoms with Crippen LogP contribution in [-0.4, -0.2) is 41.9 Å². The minimum absolute atomic E-state index is 0.143. The number of aromatic nitrogens is 5. The zero-order valence-corrected chi connectivity index (χ0v) is 14.4. The molecule has 7 nitrogen and oxygen atoms in total. The Kier molecular flexibility index (Phi) is 3.83. The maximum absolute atomic E-state index is 12.7. The summed E-state index contributed by atoms with van der Waals surface area (Å²) in [6, 6.07) is 9.86. The van der Waals surface area contributed by atoms with Gasteiger partial charge >= 0.3 is 0 Å². The first-order chi connectivity index (χ1) is 12.1. The highest BCUT2D eigenvalue weighted by Crippen LogP contribution is 2.28. The van der Waals surface area contributed by atoms with Crippen molar-refractivity contribution in [2.24, 2.45) is 14.1 Å². The van der Waals surface area contributed by atoms with Gasteiger partial charge in [-0.3, -0.25) is 9.48 Å². The molecule has 0 atom stereocenters. The van der Waals surface area contributed by atoms with Crippen LogP contribution in [0.3, 0.4) is 0 Å². The number of nitrogens with zero attached hydrogens (tertiary/aromatic N) is 6. The summed E-state index contributed by atoms with van der Waals surface area (Å²) in [7, 11) is 3.84. The summed E-state index contributed by atoms with van der Waals surface area (Å²) in [5.74, 6) is 0.874. The minimum Gasteiger partial charge on any atom is -0.338 e. The summed E-state index contributed by atoms with van der Waals surface area (Å²) in [4.78, 5) is 14.6. The summed E-state index contributed by atoms with van der Waals surface area (Å²) < 4.78 is 3.76. The first-order valence-corrected chi connectivity index (χ1v) is 8.34. The summed E-state index contributed by atoms with van der Waals surface area (Å²) in [6.45, 7) is 1.29. The fraction of sp³-hybridized carbons (Fsp3) is 0.333. The summed E-state index contributed by atoms with van der Waals surface area (Å²) in [5.41, 5.74) is 4.10. The molecule has 3 aromatic rings. The van der Waals surface area contributed by atoms with Crippen LogP contribution in [0.4, 0.5) is 0 Å². The number of carbonyl (C=O) groups is 1. The molecule has 1 aliphatic rings. The van der Waals surface area contributed by atoms with Gasteiger partial charge in [0, 0.05) is 44.9 Å². The van der Waals surface area contributed by atoms with Gasteiger partial charge in [0.05, 0.1) is 6.42 Å². The van der Waals surface area contributed by atoms with Crippen molar-refractivity contribution in [1.29, 1.82) is 0 Å². The number of hydrogen-bond donors (Lipinski definition) is 0. The molecule has 0 saturated heterocycles. The topological polar surface area (TPSA) is 68.8 Å². The Morgan fingerprint density at radius 3 is 2.72 bits per heavy atom. The van der Waals surface area contributed by atoms with Crippen LogP contribution >= 0.6 is 0 Å². The molecule has 0 saturated carbocycles. The van der Waals surface area contributed by atoms with E-state index in [1.165, 1.54) is 5.69 Å². The van der Waals surface area contributed by atoms with Gasteiger partial charge in [-0.25, -0.2) is 0 Å². The predicted molar refractivity (Wildman–Crippen MR) is 92.5 cm³/mol. The Balaban J connectivity index is 1.60. The van der Waals surface area contributed by atoms with Gasteiger partial charge in [-0.2, -0.15) is 5.10 Å². The normalized spacial score (nSPS) is 13.8. The van der Waals surface area contributed by atoms with Crippen LogP contribution in [0.5, 0.6) is 0 Å². The smallest absolute Gasteiger partial charge is 0.227 e. The molecule has 128 valence electrons. The van der Waals surface area contributed by atoms with Gasteiger partial charge in [0.25, 0.3) is 0 Å². The van der Waals surface area contributed by atoms with Gasteiger partial charge in [-0.1, -0.05) is 30.3 Å². The Hall–Kier alpha value is -2.96. The van der Waals surface area contributed by atoms with Crippen molar-refractivity contribution in [3.05, 3.63) is 53.5 Å². The van der Waals surface area contributed by atoms with Gasteiger partial charge in [0.2, 0.25) is 5.91 Å². The third-order valence-electron chi connectivity index (χ3n) is 4.72. The minimum atomic E-state index is 0.143. The molecular weight excluding hydrogens is 316 g/mol. The SMILES string of the molecule is Cn1cnnc1-c1nn(C)c2c1CN(C(=O)Cc1ccccc1)CC2. The van der Waals surface area contributed by atoms with E-state index in [-0.39, 0.29) is 5.91 Å². The molecule has 3 heterocycles. The zero-order chi connectivity index (χ0) is 17.4. The lowest BCUT2D eigenvalue weighted by Crippen LogP contribution is -2.37. The van der Waals surface area contributed by atoms with Gasteiger partial charge in [0.1, 0.15) is 12.0 Å². The second-order valence-corrected chi connectivity index (χ2v) is 6.39. The fourth-order valence-electron chi connectivity index (χ4n) is 3.36. The monoisotopic (exact) mass is 336 g/mol. The molecule has 25 heavy (non-hydrogen) atoms. The molecule has 1 aromatic carbocycles. The number of fused-ring (bicyclic) bond motifs is 1. The maximum atomic E-state index is 12.7. The van der Waals surface area contributed by atoms with E-state index in [4.69, 9.17) is 0 Å². The van der Waals surface area contributed by atoms with E-state index in [1.54, 1.807) is 6.33 Å². The molecule has 0 aliphatic carbocycles. The van der Waals surface area contributed by atoms with E-state index < -0.39 is 0 Å². The summed E-state index contributed by atoms with van der Waals surface area (Å²) in [5, 5.41) is 12.8. The van der Waals surface area contributed by atoms with E-state index in [0.29, 0.717) is 13.0 Å². The van der Waals surface area contributed by atoms with Crippen molar-refractivity contribution in [1.82, 2.24) is 29.4 Å². The molecule has 1 aliphatic heterocycles. The number of carbonyl (C=O) groups excluding carboxylic acids is 1. The van der Waals surface area contributed by atoms with Crippen LogP contribution in [0.2, 0.25) is 0 Å². The molecule has 1 amide bonds. The lowest BCUT2D eigenvalue weighted by Gasteiger charge is -2.27. The summed E-state index contributed by atoms with van der Waals surface area (Å²) >= 11 is 0. The molecule has 0 unspecified atom stereocenters. The Morgan fingerprint density at radius 2 is 2.00 bits per heavy atom. The summed E-state index contributed by atoms with van der Waals surface area (Å²) in [6.07, 6.45) is 2.89. The number of amides is 1. The molecule has 0 bridgehead atoms. The quantitative estimate of drug-likeness (QED) is 0.724. The van der Waals surface area contributed by atoms with E-state index in [9.17, 15) is 4.79 Å². The standard InChI is InChI=1S/C18H20N6O/c1-22-12-19-20-18(22)17-14-11-24(9-8-15(14)23(2)21-17)16(25)10-13-6-4-3-5-7-13/h3-7,12H,8-11H2,1-2H3. The van der Waals surface area contributed by atoms with Crippen LogP contribution in [0.15, 0.2) is 36.7 Å². The third-order valence-corrected chi connectivity index (χ3v) is 4.72. The molecule has 0 fully saturated rings. The number of benzene rings is 1. The van der Waals surface area contributed by atoms with Crippen molar-refractivity contribution in [3.63, 3.8) is 0 Å². The van der Waals surface area contributed by atoms with Crippen LogP contribution in [0.25, 0.3) is 11.5 Å². The molecule has 0 spiro atoms. The largest absolute Gasteiger partial charge is 0.338 e. The maximum Gasteiger partial charge on any atom is 0.227 e. The number of hydrogen-bond acceptors (Lipinski definition) is 4. The van der Waals surface area contributed by atoms with Crippen molar-refractivity contribution < 1.29 is 4.79 Å². The molecular formula is C18H20N6O. The van der Waals surface area contributed by atoms with Crippen molar-refractivity contribution >= 4 is 5.91 Å². The molecule has 0 radical (unpaired) electrons. The highest BCUT2D eigenvalue weighted by molar-refractivity contribution is 5.79. The van der Waals surface area contributed by atoms with Gasteiger partial charge < -0.3 is 9.47 Å². The third kappa shape index (κ3) is 2.82. The van der Waals surface area contributed by atoms with Crippen LogP contribution < -0.4 is 0 Å². The highest BCUT2D eigenvalue weighted by Gasteiger charge is 2.28. The van der Waals surface area contributed by atoms with Gasteiger partial charge in [0.15, 0.2) is 5.82 Å². The van der Waals surface area contributed by atoms with Crippen LogP contribution in [0.1, 0.15) is 16.8 Å². The lowest BCUT2D eigenvalue weighted by molar-refractivity contribution is -0.131. The highest BCUT2D eigenvalue weighted by atomic mass is 16.2. The molecule has 2 aromatic heterocycles. The first-order valence-electron chi connectivity index (χ1n) is 8.34. The second kappa shape index (κ2) is 6.16. The number of aryl methyl sites for hydroxylation is 2. The van der Waals surface area contributed by atoms with Gasteiger partial charge in [-0.15, -0.1) is 10.2 Å². The van der Waals surface area contributed by atoms with Crippen LogP contribution in [0, 0.1) is 0 Å². The van der Waals surface area contributed by atoms with E-state index >= 15 is 0 Å². The average Bonchev–Trinajstić information content (AvgIpc) is 3.18. The van der Waals surface area contributed by atoms with Gasteiger partial charge in [-0.05, 0) is 5.56 Å². The molecule has 7 heteroatoms. The second-order valence-electron chi connectivity index (χ2n) is 6.39. The van der Waals surface area contributed by atoms with Crippen molar-refractivity contribution in [3.8, 4) is 11.5 Å². The number of rotatable bonds is 3. The Bertz CT molecular complexity index is 911. The van der Waals surface area contributed by atoms with Crippen molar-refractivity contribution in [2.75, 3.05) is 6.54 Å². The lowest BCUT2D eigenvalue weighted by atomic mass is 10.0. The van der Waals surface area contributed by atoms with E-state index in [1.807, 2.05) is 58.6 Å². The molecule has 4 rings (SSSR count). The van der Waals surface area contributed by atoms with Crippen LogP contribution in [-0.2, 0) is 38.3 Å². The van der Waals surface area contributed by atoms with E-state index in [2.05, 4.69) is 15.3 Å². The zero-order valence-electron chi connectivity index (χ0n) is 14.4. The fourth-order valence-corrected chi connectivity index (χ4v) is 3.36. The Labute approximate surface area is 145 Å².